The van der Waals surface area contributed by atoms with Crippen LogP contribution in [0.2, 0.25) is 0 Å². The van der Waals surface area contributed by atoms with E-state index in [4.69, 9.17) is 0 Å². The molecule has 1 N–H and O–H groups in total. The van der Waals surface area contributed by atoms with Crippen LogP contribution in [0.25, 0.3) is 0 Å². The summed E-state index contributed by atoms with van der Waals surface area (Å²) in [5, 5.41) is 0. The van der Waals surface area contributed by atoms with E-state index in [0.29, 0.717) is 0 Å². The topological polar surface area (TPSA) is 4.44 Å². The van der Waals surface area contributed by atoms with Crippen LogP contribution < -0.4 is 4.90 Å². The fourth-order valence-corrected chi connectivity index (χ4v) is 0.780. The third kappa shape index (κ3) is 0.548. The van der Waals surface area contributed by atoms with E-state index in [2.05, 4.69) is 6.92 Å². The minimum absolute atomic E-state index is 1.33. The first-order chi connectivity index (χ1) is 2.93. The fourth-order valence-electron chi connectivity index (χ4n) is 0.780. The normalized spacial score (nSPS) is 23.5. The molecule has 0 aromatic carbocycles. The first kappa shape index (κ1) is 4.13. The maximum Gasteiger partial charge on any atom is 0.0825 e. The molecule has 0 saturated carbocycles. The van der Waals surface area contributed by atoms with Gasteiger partial charge in [-0.3, -0.25) is 0 Å². The zero-order valence-corrected chi connectivity index (χ0v) is 4.33. The Balaban J connectivity index is 2.01. The van der Waals surface area contributed by atoms with Crippen LogP contribution in [0.3, 0.4) is 0 Å². The lowest BCUT2D eigenvalue weighted by molar-refractivity contribution is -0.937. The Morgan fingerprint density at radius 3 is 2.17 bits per heavy atom. The van der Waals surface area contributed by atoms with Gasteiger partial charge in [0, 0.05) is 6.42 Å². The van der Waals surface area contributed by atoms with Gasteiger partial charge in [-0.15, -0.1) is 0 Å². The lowest BCUT2D eigenvalue weighted by Crippen LogP contribution is -3.17. The minimum atomic E-state index is 1.33. The summed E-state index contributed by atoms with van der Waals surface area (Å²) in [6.07, 6.45) is 1.46. The standard InChI is InChI=1S/C5H11N/c1-2-6-4-3-5-6/h2-5H2,1H3/p+1. The Bertz CT molecular complexity index is 36.4. The van der Waals surface area contributed by atoms with E-state index in [1.165, 1.54) is 26.1 Å². The number of rotatable bonds is 1. The second-order valence-corrected chi connectivity index (χ2v) is 1.96. The van der Waals surface area contributed by atoms with E-state index < -0.39 is 0 Å². The van der Waals surface area contributed by atoms with Gasteiger partial charge in [0.25, 0.3) is 0 Å². The molecule has 0 amide bonds. The van der Waals surface area contributed by atoms with Gasteiger partial charge < -0.3 is 4.90 Å². The van der Waals surface area contributed by atoms with Gasteiger partial charge in [0.1, 0.15) is 0 Å². The highest BCUT2D eigenvalue weighted by molar-refractivity contribution is 4.39. The number of hydrogen-bond donors (Lipinski definition) is 1. The van der Waals surface area contributed by atoms with Crippen molar-refractivity contribution in [2.24, 2.45) is 0 Å². The molecule has 0 bridgehead atoms. The van der Waals surface area contributed by atoms with Crippen molar-refractivity contribution in [1.82, 2.24) is 0 Å². The molecular formula is C5H12N+. The lowest BCUT2D eigenvalue weighted by Gasteiger charge is -2.24. The highest BCUT2D eigenvalue weighted by Crippen LogP contribution is 1.74. The summed E-state index contributed by atoms with van der Waals surface area (Å²) >= 11 is 0. The van der Waals surface area contributed by atoms with Crippen molar-refractivity contribution in [3.8, 4) is 0 Å². The maximum atomic E-state index is 2.24. The van der Waals surface area contributed by atoms with Crippen LogP contribution in [-0.2, 0) is 0 Å². The summed E-state index contributed by atoms with van der Waals surface area (Å²) < 4.78 is 0. The Morgan fingerprint density at radius 1 is 1.50 bits per heavy atom. The molecule has 1 aliphatic rings. The number of quaternary nitrogens is 1. The average molecular weight is 86.2 g/mol. The Hall–Kier alpha value is -0.0400. The summed E-state index contributed by atoms with van der Waals surface area (Å²) in [6.45, 7) is 6.43. The van der Waals surface area contributed by atoms with E-state index >= 15 is 0 Å². The average Bonchev–Trinajstić information content (AvgIpc) is 1.31. The highest BCUT2D eigenvalue weighted by atomic mass is 15.2. The molecule has 1 rings (SSSR count). The summed E-state index contributed by atoms with van der Waals surface area (Å²) in [7, 11) is 0. The molecule has 1 heteroatoms. The van der Waals surface area contributed by atoms with E-state index in [-0.39, 0.29) is 0 Å². The molecule has 0 aliphatic carbocycles. The van der Waals surface area contributed by atoms with Gasteiger partial charge in [-0.2, -0.15) is 0 Å². The molecule has 0 aromatic rings. The van der Waals surface area contributed by atoms with Gasteiger partial charge in [-0.25, -0.2) is 0 Å². The predicted molar refractivity (Wildman–Crippen MR) is 25.9 cm³/mol. The molecule has 0 aromatic heterocycles. The Labute approximate surface area is 39.0 Å². The van der Waals surface area contributed by atoms with Crippen molar-refractivity contribution in [2.45, 2.75) is 13.3 Å². The molecule has 36 valence electrons. The molecular weight excluding hydrogens is 74.1 g/mol. The first-order valence-corrected chi connectivity index (χ1v) is 2.77. The van der Waals surface area contributed by atoms with Crippen LogP contribution in [0, 0.1) is 0 Å². The van der Waals surface area contributed by atoms with Crippen molar-refractivity contribution in [3.05, 3.63) is 0 Å². The molecule has 0 radical (unpaired) electrons. The van der Waals surface area contributed by atoms with Gasteiger partial charge in [-0.1, -0.05) is 0 Å². The van der Waals surface area contributed by atoms with Crippen molar-refractivity contribution in [1.29, 1.82) is 0 Å². The van der Waals surface area contributed by atoms with Gasteiger partial charge in [0.15, 0.2) is 0 Å². The van der Waals surface area contributed by atoms with Crippen molar-refractivity contribution >= 4 is 0 Å². The molecule has 0 unspecified atom stereocenters. The SMILES string of the molecule is CC[NH+]1CCC1. The van der Waals surface area contributed by atoms with E-state index in [9.17, 15) is 0 Å². The molecule has 1 fully saturated rings. The molecule has 1 heterocycles. The second-order valence-electron chi connectivity index (χ2n) is 1.96. The molecule has 1 nitrogen and oxygen atoms in total. The van der Waals surface area contributed by atoms with Crippen molar-refractivity contribution < 1.29 is 4.90 Å². The first-order valence-electron chi connectivity index (χ1n) is 2.77. The van der Waals surface area contributed by atoms with Crippen LogP contribution in [0.1, 0.15) is 13.3 Å². The molecule has 0 spiro atoms. The predicted octanol–water partition coefficient (Wildman–Crippen LogP) is -0.705. The van der Waals surface area contributed by atoms with E-state index in [1.54, 1.807) is 4.90 Å². The van der Waals surface area contributed by atoms with Crippen molar-refractivity contribution in [2.75, 3.05) is 19.6 Å². The Kier molecular flexibility index (Phi) is 1.10. The number of hydrogen-bond acceptors (Lipinski definition) is 0. The van der Waals surface area contributed by atoms with Crippen LogP contribution in [0.15, 0.2) is 0 Å². The van der Waals surface area contributed by atoms with Crippen LogP contribution >= 0.6 is 0 Å². The van der Waals surface area contributed by atoms with Gasteiger partial charge in [0.2, 0.25) is 0 Å². The van der Waals surface area contributed by atoms with Crippen molar-refractivity contribution in [3.63, 3.8) is 0 Å². The van der Waals surface area contributed by atoms with Gasteiger partial charge >= 0.3 is 0 Å². The zero-order chi connectivity index (χ0) is 4.41. The lowest BCUT2D eigenvalue weighted by atomic mass is 10.2. The largest absolute Gasteiger partial charge is 0.335 e. The van der Waals surface area contributed by atoms with E-state index in [0.717, 1.165) is 0 Å². The summed E-state index contributed by atoms with van der Waals surface area (Å²) in [5.41, 5.74) is 0. The monoisotopic (exact) mass is 86.1 g/mol. The molecule has 1 saturated heterocycles. The third-order valence-corrected chi connectivity index (χ3v) is 1.56. The van der Waals surface area contributed by atoms with Gasteiger partial charge in [0.05, 0.1) is 19.6 Å². The van der Waals surface area contributed by atoms with Crippen LogP contribution in [-0.4, -0.2) is 19.6 Å². The maximum absolute atomic E-state index is 2.24. The highest BCUT2D eigenvalue weighted by Gasteiger charge is 2.13. The molecule has 1 aliphatic heterocycles. The summed E-state index contributed by atoms with van der Waals surface area (Å²) in [4.78, 5) is 1.77. The van der Waals surface area contributed by atoms with Crippen LogP contribution in [0.4, 0.5) is 0 Å². The smallest absolute Gasteiger partial charge is 0.0825 e. The Morgan fingerprint density at radius 2 is 2.17 bits per heavy atom. The quantitative estimate of drug-likeness (QED) is 0.430. The molecule has 6 heavy (non-hydrogen) atoms. The van der Waals surface area contributed by atoms with E-state index in [1.807, 2.05) is 0 Å². The fraction of sp³-hybridized carbons (Fsp3) is 1.00. The zero-order valence-electron chi connectivity index (χ0n) is 4.33. The minimum Gasteiger partial charge on any atom is -0.335 e. The second kappa shape index (κ2) is 1.61. The summed E-state index contributed by atoms with van der Waals surface area (Å²) in [5.74, 6) is 0. The molecule has 0 atom stereocenters. The van der Waals surface area contributed by atoms with Gasteiger partial charge in [-0.05, 0) is 6.92 Å². The summed E-state index contributed by atoms with van der Waals surface area (Å²) in [6, 6.07) is 0. The number of nitrogens with one attached hydrogen (secondary N) is 1. The third-order valence-electron chi connectivity index (χ3n) is 1.56. The number of likely N-dealkylation sites (tertiary alicyclic amines) is 1. The van der Waals surface area contributed by atoms with Crippen LogP contribution in [0.5, 0.6) is 0 Å².